The van der Waals surface area contributed by atoms with Gasteiger partial charge < -0.3 is 14.2 Å². The third-order valence-corrected chi connectivity index (χ3v) is 10.5. The highest BCUT2D eigenvalue weighted by Crippen LogP contribution is 2.59. The van der Waals surface area contributed by atoms with E-state index in [-0.39, 0.29) is 11.2 Å². The minimum atomic E-state index is -1.33. The van der Waals surface area contributed by atoms with Crippen molar-refractivity contribution in [1.29, 1.82) is 0 Å². The van der Waals surface area contributed by atoms with Gasteiger partial charge in [-0.15, -0.1) is 0 Å². The predicted octanol–water partition coefficient (Wildman–Crippen LogP) is 10.8. The summed E-state index contributed by atoms with van der Waals surface area (Å²) in [7, 11) is 3.29. The molecule has 2 heterocycles. The van der Waals surface area contributed by atoms with Crippen LogP contribution >= 0.6 is 0 Å². The summed E-state index contributed by atoms with van der Waals surface area (Å²) >= 11 is 0. The van der Waals surface area contributed by atoms with Gasteiger partial charge in [0.25, 0.3) is 0 Å². The molecule has 0 N–H and O–H groups in total. The molecule has 0 spiro atoms. The van der Waals surface area contributed by atoms with Crippen molar-refractivity contribution in [3.05, 3.63) is 167 Å². The number of fused-ring (bicyclic) bond motifs is 8. The summed E-state index contributed by atoms with van der Waals surface area (Å²) in [6.07, 6.45) is 4.18. The van der Waals surface area contributed by atoms with Crippen LogP contribution in [0.25, 0.3) is 50.5 Å². The molecule has 1 aliphatic heterocycles. The fraction of sp³-hybridized carbons (Fsp3) is 0.130. The maximum Gasteiger partial charge on any atom is 0.212 e. The van der Waals surface area contributed by atoms with E-state index in [2.05, 4.69) is 44.2 Å². The highest BCUT2D eigenvalue weighted by Gasteiger charge is 2.46. The number of halogens is 1. The Morgan fingerprint density at radius 2 is 1.23 bits per heavy atom. The first kappa shape index (κ1) is 31.7. The van der Waals surface area contributed by atoms with Crippen LogP contribution in [-0.4, -0.2) is 24.2 Å². The van der Waals surface area contributed by atoms with E-state index in [1.54, 1.807) is 26.4 Å². The number of ether oxygens (including phenoxy) is 3. The van der Waals surface area contributed by atoms with Crippen LogP contribution < -0.4 is 14.2 Å². The van der Waals surface area contributed by atoms with E-state index in [9.17, 15) is 4.39 Å². The monoisotopic (exact) mass is 682 g/mol. The molecule has 2 aliphatic rings. The Hall–Kier alpha value is -6.27. The molecule has 1 unspecified atom stereocenters. The predicted molar refractivity (Wildman–Crippen MR) is 204 cm³/mol. The van der Waals surface area contributed by atoms with Gasteiger partial charge in [0, 0.05) is 33.1 Å². The van der Waals surface area contributed by atoms with Crippen molar-refractivity contribution in [3.8, 4) is 50.9 Å². The van der Waals surface area contributed by atoms with E-state index < -0.39 is 5.60 Å². The van der Waals surface area contributed by atoms with Gasteiger partial charge in [0.2, 0.25) is 5.60 Å². The molecule has 6 aromatic carbocycles. The molecule has 0 radical (unpaired) electrons. The molecular weight excluding hydrogens is 648 g/mol. The topological polar surface area (TPSA) is 53.5 Å². The lowest BCUT2D eigenvalue weighted by Gasteiger charge is -2.37. The van der Waals surface area contributed by atoms with E-state index in [0.717, 1.165) is 50.0 Å². The number of methoxy groups -OCH3 is 2. The second-order valence-electron chi connectivity index (χ2n) is 13.8. The van der Waals surface area contributed by atoms with E-state index >= 15 is 0 Å². The smallest absolute Gasteiger partial charge is 0.212 e. The fourth-order valence-electron chi connectivity index (χ4n) is 8.00. The Morgan fingerprint density at radius 1 is 0.654 bits per heavy atom. The summed E-state index contributed by atoms with van der Waals surface area (Å²) in [6.45, 7) is 4.53. The van der Waals surface area contributed by atoms with E-state index in [0.29, 0.717) is 28.6 Å². The molecule has 1 aliphatic carbocycles. The van der Waals surface area contributed by atoms with Gasteiger partial charge in [-0.3, -0.25) is 0 Å². The van der Waals surface area contributed by atoms with Crippen LogP contribution in [0.2, 0.25) is 0 Å². The van der Waals surface area contributed by atoms with Crippen LogP contribution in [0.5, 0.6) is 17.2 Å². The molecule has 9 rings (SSSR count). The maximum atomic E-state index is 14.6. The van der Waals surface area contributed by atoms with Crippen LogP contribution in [-0.2, 0) is 11.0 Å². The zero-order valence-electron chi connectivity index (χ0n) is 29.3. The average Bonchev–Trinajstić information content (AvgIpc) is 3.44. The first-order valence-electron chi connectivity index (χ1n) is 17.3. The second kappa shape index (κ2) is 11.9. The zero-order chi connectivity index (χ0) is 35.6. The van der Waals surface area contributed by atoms with Crippen molar-refractivity contribution in [2.24, 2.45) is 0 Å². The van der Waals surface area contributed by atoms with Crippen LogP contribution in [0.1, 0.15) is 41.9 Å². The zero-order valence-corrected chi connectivity index (χ0v) is 29.3. The second-order valence-corrected chi connectivity index (χ2v) is 13.8. The molecule has 52 heavy (non-hydrogen) atoms. The van der Waals surface area contributed by atoms with E-state index in [1.807, 2.05) is 84.9 Å². The number of hydrogen-bond acceptors (Lipinski definition) is 5. The molecule has 5 nitrogen and oxygen atoms in total. The molecule has 1 aromatic heterocycles. The Labute approximate surface area is 302 Å². The molecule has 0 bridgehead atoms. The first-order chi connectivity index (χ1) is 25.3. The Bertz CT molecular complexity index is 2490. The lowest BCUT2D eigenvalue weighted by molar-refractivity contribution is 0.153. The van der Waals surface area contributed by atoms with Crippen molar-refractivity contribution < 1.29 is 18.6 Å². The van der Waals surface area contributed by atoms with Crippen molar-refractivity contribution in [2.75, 3.05) is 14.2 Å². The molecule has 1 atom stereocenters. The van der Waals surface area contributed by atoms with Crippen LogP contribution in [0.3, 0.4) is 0 Å². The highest BCUT2D eigenvalue weighted by atomic mass is 19.1. The summed E-state index contributed by atoms with van der Waals surface area (Å²) in [4.78, 5) is 10.5. The van der Waals surface area contributed by atoms with Gasteiger partial charge in [-0.05, 0) is 64.0 Å². The molecule has 0 saturated heterocycles. The third kappa shape index (κ3) is 4.74. The summed E-state index contributed by atoms with van der Waals surface area (Å²) < 4.78 is 33.8. The number of aromatic nitrogens is 2. The molecular formula is C46H35FN2O3. The number of benzene rings is 6. The number of hydrogen-bond donors (Lipinski definition) is 0. The van der Waals surface area contributed by atoms with Gasteiger partial charge in [-0.1, -0.05) is 117 Å². The van der Waals surface area contributed by atoms with Crippen LogP contribution in [0, 0.1) is 5.82 Å². The summed E-state index contributed by atoms with van der Waals surface area (Å²) in [5.74, 6) is 1.96. The first-order valence-corrected chi connectivity index (χ1v) is 17.3. The van der Waals surface area contributed by atoms with Crippen LogP contribution in [0.4, 0.5) is 4.39 Å². The van der Waals surface area contributed by atoms with Gasteiger partial charge >= 0.3 is 0 Å². The molecule has 0 fully saturated rings. The van der Waals surface area contributed by atoms with Crippen molar-refractivity contribution in [2.45, 2.75) is 24.9 Å². The minimum Gasteiger partial charge on any atom is -0.493 e. The van der Waals surface area contributed by atoms with Gasteiger partial charge in [-0.25, -0.2) is 14.4 Å². The Balaban J connectivity index is 1.38. The molecule has 254 valence electrons. The lowest BCUT2D eigenvalue weighted by atomic mass is 9.77. The maximum absolute atomic E-state index is 14.6. The third-order valence-electron chi connectivity index (χ3n) is 10.5. The van der Waals surface area contributed by atoms with Gasteiger partial charge in [0.05, 0.1) is 25.6 Å². The van der Waals surface area contributed by atoms with E-state index in [4.69, 9.17) is 24.2 Å². The summed E-state index contributed by atoms with van der Waals surface area (Å²) in [5.41, 5.74) is 8.09. The molecule has 6 heteroatoms. The number of nitrogens with zero attached hydrogens (tertiary/aromatic N) is 2. The standard InChI is InChI=1S/C46H35FN2O3/c1-45(2)36-18-12-11-17-32(36)41-34-25-39(50-3)40(51-4)26-35(34)43-33(42(41)45)23-24-46(52-43,30-19-21-31(47)22-20-30)44-48-37(28-13-7-5-8-14-28)27-38(49-44)29-15-9-6-10-16-29/h5-27H,1-4H3. The normalized spacial score (nSPS) is 16.5. The molecule has 0 saturated carbocycles. The van der Waals surface area contributed by atoms with E-state index in [1.165, 1.54) is 23.3 Å². The van der Waals surface area contributed by atoms with Crippen molar-refractivity contribution in [3.63, 3.8) is 0 Å². The van der Waals surface area contributed by atoms with Crippen LogP contribution in [0.15, 0.2) is 133 Å². The molecule has 0 amide bonds. The Kier molecular flexibility index (Phi) is 7.26. The largest absolute Gasteiger partial charge is 0.493 e. The van der Waals surface area contributed by atoms with Crippen molar-refractivity contribution >= 4 is 16.8 Å². The van der Waals surface area contributed by atoms with Gasteiger partial charge in [-0.2, -0.15) is 0 Å². The SMILES string of the molecule is COc1cc2c3c(c4c(c2cc1OC)-c1ccccc1C4(C)C)C=CC(c1ccc(F)cc1)(c1nc(-c2ccccc2)cc(-c2ccccc2)n1)O3. The number of rotatable bonds is 6. The highest BCUT2D eigenvalue weighted by molar-refractivity contribution is 6.09. The summed E-state index contributed by atoms with van der Waals surface area (Å²) in [5, 5.41) is 1.84. The Morgan fingerprint density at radius 3 is 1.85 bits per heavy atom. The fourth-order valence-corrected chi connectivity index (χ4v) is 8.00. The average molecular weight is 683 g/mol. The summed E-state index contributed by atoms with van der Waals surface area (Å²) in [6, 6.07) is 41.1. The quantitative estimate of drug-likeness (QED) is 0.175. The lowest BCUT2D eigenvalue weighted by Crippen LogP contribution is -2.37. The van der Waals surface area contributed by atoms with Gasteiger partial charge in [0.1, 0.15) is 11.6 Å². The molecule has 7 aromatic rings. The van der Waals surface area contributed by atoms with Gasteiger partial charge in [0.15, 0.2) is 17.3 Å². The van der Waals surface area contributed by atoms with Crippen molar-refractivity contribution in [1.82, 2.24) is 9.97 Å². The minimum absolute atomic E-state index is 0.342.